The van der Waals surface area contributed by atoms with Crippen molar-refractivity contribution in [1.29, 1.82) is 0 Å². The van der Waals surface area contributed by atoms with Gasteiger partial charge in [0.15, 0.2) is 0 Å². The van der Waals surface area contributed by atoms with Crippen LogP contribution in [-0.2, 0) is 6.42 Å². The van der Waals surface area contributed by atoms with Gasteiger partial charge in [-0.25, -0.2) is 0 Å². The molecule has 0 spiro atoms. The van der Waals surface area contributed by atoms with Crippen LogP contribution in [0.1, 0.15) is 121 Å². The molecule has 1 heterocycles. The molecule has 0 radical (unpaired) electrons. The summed E-state index contributed by atoms with van der Waals surface area (Å²) in [6.45, 7) is 17.9. The van der Waals surface area contributed by atoms with Gasteiger partial charge >= 0.3 is 0 Å². The summed E-state index contributed by atoms with van der Waals surface area (Å²) in [7, 11) is 1.00. The van der Waals surface area contributed by atoms with Crippen molar-refractivity contribution >= 4 is 0 Å². The van der Waals surface area contributed by atoms with Gasteiger partial charge in [-0.1, -0.05) is 72.6 Å². The summed E-state index contributed by atoms with van der Waals surface area (Å²) in [4.78, 5) is 0. The van der Waals surface area contributed by atoms with Crippen molar-refractivity contribution in [2.24, 2.45) is 17.8 Å². The van der Waals surface area contributed by atoms with Gasteiger partial charge in [-0.2, -0.15) is 0 Å². The van der Waals surface area contributed by atoms with Crippen LogP contribution in [0.2, 0.25) is 0 Å². The van der Waals surface area contributed by atoms with Crippen LogP contribution in [0.25, 0.3) is 0 Å². The predicted molar refractivity (Wildman–Crippen MR) is 143 cm³/mol. The lowest BCUT2D eigenvalue weighted by Gasteiger charge is -2.38. The second kappa shape index (κ2) is 14.2. The van der Waals surface area contributed by atoms with E-state index in [1.807, 2.05) is 13.8 Å². The zero-order valence-electron chi connectivity index (χ0n) is 23.3. The Hall–Kier alpha value is -1.22. The van der Waals surface area contributed by atoms with Crippen molar-refractivity contribution in [1.82, 2.24) is 0 Å². The molecule has 0 aromatic heterocycles. The van der Waals surface area contributed by atoms with Crippen molar-refractivity contribution in [3.8, 4) is 11.5 Å². The molecule has 0 amide bonds. The maximum absolute atomic E-state index is 10.4. The number of aliphatic hydroxyl groups excluding tert-OH is 1. The fourth-order valence-electron chi connectivity index (χ4n) is 5.27. The number of ether oxygens (including phenoxy) is 1. The maximum Gasteiger partial charge on any atom is 0.127 e. The van der Waals surface area contributed by atoms with Crippen LogP contribution in [0.4, 0.5) is 0 Å². The van der Waals surface area contributed by atoms with Crippen LogP contribution in [0, 0.1) is 38.5 Å². The minimum Gasteiger partial charge on any atom is -0.507 e. The molecule has 0 saturated carbocycles. The van der Waals surface area contributed by atoms with Gasteiger partial charge in [0.25, 0.3) is 0 Å². The number of hydrogen-bond acceptors (Lipinski definition) is 3. The molecule has 1 aromatic rings. The lowest BCUT2D eigenvalue weighted by Crippen LogP contribution is -2.37. The highest BCUT2D eigenvalue weighted by atomic mass is 16.5. The molecule has 3 nitrogen and oxygen atoms in total. The second-order valence-corrected chi connectivity index (χ2v) is 11.4. The standard InChI is InChI=1S/C29H50O2.CH4O/c1-20(2)12-9-13-21(3)14-10-15-22(4)16-11-18-29(8)19-17-26-25(7)27(30)23(5)24(6)28(26)31-29;1-2/h20-22,30H,9-19H2,1-8H3;2H,1H3/t21?,22?,29-;/m1./s1. The number of rotatable bonds is 12. The molecule has 33 heavy (non-hydrogen) atoms. The highest BCUT2D eigenvalue weighted by Gasteiger charge is 2.34. The van der Waals surface area contributed by atoms with Gasteiger partial charge in [-0.15, -0.1) is 0 Å². The van der Waals surface area contributed by atoms with Crippen LogP contribution in [0.3, 0.4) is 0 Å². The normalized spacial score (nSPS) is 19.4. The number of phenols is 1. The SMILES string of the molecule is CO.Cc1c(C)c2c(c(C)c1O)CC[C@@](C)(CCCC(C)CCCC(C)CCCC(C)C)O2. The third-order valence-corrected chi connectivity index (χ3v) is 7.87. The van der Waals surface area contributed by atoms with Crippen molar-refractivity contribution in [3.63, 3.8) is 0 Å². The van der Waals surface area contributed by atoms with Gasteiger partial charge in [-0.05, 0) is 87.8 Å². The quantitative estimate of drug-likeness (QED) is 0.327. The van der Waals surface area contributed by atoms with Crippen LogP contribution in [-0.4, -0.2) is 22.9 Å². The Balaban J connectivity index is 0.00000265. The van der Waals surface area contributed by atoms with Crippen molar-refractivity contribution < 1.29 is 14.9 Å². The largest absolute Gasteiger partial charge is 0.507 e. The topological polar surface area (TPSA) is 49.7 Å². The number of aromatic hydroxyl groups is 1. The van der Waals surface area contributed by atoms with E-state index in [1.54, 1.807) is 0 Å². The van der Waals surface area contributed by atoms with E-state index in [9.17, 15) is 5.11 Å². The van der Waals surface area contributed by atoms with E-state index < -0.39 is 0 Å². The van der Waals surface area contributed by atoms with Gasteiger partial charge in [0.05, 0.1) is 0 Å². The predicted octanol–water partition coefficient (Wildman–Crippen LogP) is 8.45. The minimum atomic E-state index is -0.0712. The third-order valence-electron chi connectivity index (χ3n) is 7.87. The summed E-state index contributed by atoms with van der Waals surface area (Å²) in [5, 5.41) is 17.4. The van der Waals surface area contributed by atoms with E-state index in [2.05, 4.69) is 41.5 Å². The summed E-state index contributed by atoms with van der Waals surface area (Å²) >= 11 is 0. The first-order chi connectivity index (χ1) is 15.5. The highest BCUT2D eigenvalue weighted by molar-refractivity contribution is 5.58. The molecule has 0 aliphatic carbocycles. The van der Waals surface area contributed by atoms with Crippen LogP contribution in [0.15, 0.2) is 0 Å². The molecule has 0 saturated heterocycles. The lowest BCUT2D eigenvalue weighted by molar-refractivity contribution is 0.0512. The molecule has 2 rings (SSSR count). The Kier molecular flexibility index (Phi) is 12.9. The summed E-state index contributed by atoms with van der Waals surface area (Å²) in [5.74, 6) is 4.04. The molecule has 3 heteroatoms. The fraction of sp³-hybridized carbons (Fsp3) is 0.800. The first-order valence-electron chi connectivity index (χ1n) is 13.5. The smallest absolute Gasteiger partial charge is 0.127 e. The number of aliphatic hydroxyl groups is 1. The Morgan fingerprint density at radius 1 is 0.788 bits per heavy atom. The molecular formula is C30H54O3. The van der Waals surface area contributed by atoms with Gasteiger partial charge in [0, 0.05) is 12.7 Å². The maximum atomic E-state index is 10.4. The zero-order valence-corrected chi connectivity index (χ0v) is 23.3. The van der Waals surface area contributed by atoms with Crippen LogP contribution in [0.5, 0.6) is 11.5 Å². The highest BCUT2D eigenvalue weighted by Crippen LogP contribution is 2.44. The number of hydrogen-bond donors (Lipinski definition) is 2. The summed E-state index contributed by atoms with van der Waals surface area (Å²) < 4.78 is 6.60. The Morgan fingerprint density at radius 2 is 1.30 bits per heavy atom. The zero-order chi connectivity index (χ0) is 25.2. The lowest BCUT2D eigenvalue weighted by atomic mass is 9.84. The molecule has 192 valence electrons. The van der Waals surface area contributed by atoms with Gasteiger partial charge in [0.2, 0.25) is 0 Å². The van der Waals surface area contributed by atoms with Gasteiger partial charge in [-0.3, -0.25) is 0 Å². The average Bonchev–Trinajstić information content (AvgIpc) is 2.77. The molecule has 3 atom stereocenters. The van der Waals surface area contributed by atoms with Crippen LogP contribution >= 0.6 is 0 Å². The third kappa shape index (κ3) is 9.15. The summed E-state index contributed by atoms with van der Waals surface area (Å²) in [6, 6.07) is 0. The van der Waals surface area contributed by atoms with Gasteiger partial charge < -0.3 is 14.9 Å². The molecular weight excluding hydrogens is 408 g/mol. The molecule has 2 unspecified atom stereocenters. The van der Waals surface area contributed by atoms with E-state index in [4.69, 9.17) is 9.84 Å². The summed E-state index contributed by atoms with van der Waals surface area (Å²) in [6.07, 6.45) is 14.1. The molecule has 0 bridgehead atoms. The van der Waals surface area contributed by atoms with E-state index in [0.29, 0.717) is 5.75 Å². The monoisotopic (exact) mass is 462 g/mol. The molecule has 1 aliphatic rings. The van der Waals surface area contributed by atoms with Crippen molar-refractivity contribution in [2.75, 3.05) is 7.11 Å². The van der Waals surface area contributed by atoms with E-state index >= 15 is 0 Å². The summed E-state index contributed by atoms with van der Waals surface area (Å²) in [5.41, 5.74) is 4.23. The van der Waals surface area contributed by atoms with Crippen molar-refractivity contribution in [2.45, 2.75) is 132 Å². The van der Waals surface area contributed by atoms with Crippen molar-refractivity contribution in [3.05, 3.63) is 22.3 Å². The number of benzene rings is 1. The van der Waals surface area contributed by atoms with E-state index in [1.165, 1.54) is 56.9 Å². The Morgan fingerprint density at radius 3 is 1.85 bits per heavy atom. The molecule has 0 fully saturated rings. The number of fused-ring (bicyclic) bond motifs is 1. The first-order valence-corrected chi connectivity index (χ1v) is 13.5. The molecule has 1 aromatic carbocycles. The first kappa shape index (κ1) is 29.8. The fourth-order valence-corrected chi connectivity index (χ4v) is 5.27. The Bertz CT molecular complexity index is 709. The van der Waals surface area contributed by atoms with Crippen LogP contribution < -0.4 is 4.74 Å². The number of phenolic OH excluding ortho intramolecular Hbond substituents is 1. The van der Waals surface area contributed by atoms with E-state index in [0.717, 1.165) is 66.6 Å². The molecule has 2 N–H and O–H groups in total. The van der Waals surface area contributed by atoms with Gasteiger partial charge in [0.1, 0.15) is 17.1 Å². The second-order valence-electron chi connectivity index (χ2n) is 11.4. The Labute approximate surface area is 205 Å². The molecule has 1 aliphatic heterocycles. The average molecular weight is 463 g/mol. The minimum absolute atomic E-state index is 0.0712. The van der Waals surface area contributed by atoms with E-state index in [-0.39, 0.29) is 5.60 Å².